The van der Waals surface area contributed by atoms with Crippen LogP contribution in [0.3, 0.4) is 0 Å². The van der Waals surface area contributed by atoms with Crippen LogP contribution in [-0.2, 0) is 0 Å². The highest BCUT2D eigenvalue weighted by Gasteiger charge is 2.20. The smallest absolute Gasteiger partial charge is 0.254 e. The first-order valence-corrected chi connectivity index (χ1v) is 6.88. The Kier molecular flexibility index (Phi) is 4.89. The topological polar surface area (TPSA) is 58.4 Å². The molecule has 1 heterocycles. The number of nitrogens with one attached hydrogen (secondary N) is 1. The van der Waals surface area contributed by atoms with Crippen molar-refractivity contribution in [3.05, 3.63) is 29.3 Å². The predicted octanol–water partition coefficient (Wildman–Crippen LogP) is 2.66. The van der Waals surface area contributed by atoms with Gasteiger partial charge in [0.15, 0.2) is 11.6 Å². The average molecular weight is 283 g/mol. The summed E-state index contributed by atoms with van der Waals surface area (Å²) in [5, 5.41) is 0. The fourth-order valence-corrected chi connectivity index (χ4v) is 2.47. The molecule has 1 fully saturated rings. The van der Waals surface area contributed by atoms with Crippen LogP contribution in [0.4, 0.5) is 14.5 Å². The Morgan fingerprint density at radius 2 is 1.55 bits per heavy atom. The molecule has 20 heavy (non-hydrogen) atoms. The van der Waals surface area contributed by atoms with E-state index in [0.29, 0.717) is 13.1 Å². The van der Waals surface area contributed by atoms with E-state index in [4.69, 9.17) is 5.84 Å². The fraction of sp³-hybridized carbons (Fsp3) is 0.500. The summed E-state index contributed by atoms with van der Waals surface area (Å²) in [5.41, 5.74) is 1.56. The highest BCUT2D eigenvalue weighted by molar-refractivity contribution is 5.94. The molecular weight excluding hydrogens is 264 g/mol. The van der Waals surface area contributed by atoms with Crippen molar-refractivity contribution in [2.75, 3.05) is 18.5 Å². The first-order valence-electron chi connectivity index (χ1n) is 6.88. The van der Waals surface area contributed by atoms with Crippen LogP contribution in [0.25, 0.3) is 0 Å². The minimum Gasteiger partial charge on any atom is -0.339 e. The van der Waals surface area contributed by atoms with Crippen molar-refractivity contribution >= 4 is 11.6 Å². The number of likely N-dealkylation sites (tertiary alicyclic amines) is 1. The summed E-state index contributed by atoms with van der Waals surface area (Å²) in [6.45, 7) is 1.28. The zero-order valence-electron chi connectivity index (χ0n) is 11.3. The SMILES string of the molecule is NNc1c(F)cc(C(=O)N2CCCCCCC2)cc1F. The monoisotopic (exact) mass is 283 g/mol. The molecule has 0 spiro atoms. The maximum absolute atomic E-state index is 13.6. The third kappa shape index (κ3) is 3.25. The van der Waals surface area contributed by atoms with Crippen LogP contribution in [0.2, 0.25) is 0 Å². The van der Waals surface area contributed by atoms with Gasteiger partial charge in [-0.25, -0.2) is 8.78 Å². The number of anilines is 1. The summed E-state index contributed by atoms with van der Waals surface area (Å²) in [6.07, 6.45) is 5.21. The lowest BCUT2D eigenvalue weighted by Crippen LogP contribution is -2.34. The van der Waals surface area contributed by atoms with Gasteiger partial charge >= 0.3 is 0 Å². The zero-order valence-corrected chi connectivity index (χ0v) is 11.3. The molecule has 0 bridgehead atoms. The number of halogens is 2. The Labute approximate surface area is 116 Å². The Morgan fingerprint density at radius 1 is 1.05 bits per heavy atom. The Hall–Kier alpha value is -1.69. The first-order chi connectivity index (χ1) is 9.63. The van der Waals surface area contributed by atoms with Crippen LogP contribution in [0.5, 0.6) is 0 Å². The number of hydrogen-bond acceptors (Lipinski definition) is 3. The molecule has 1 aliphatic heterocycles. The summed E-state index contributed by atoms with van der Waals surface area (Å²) in [4.78, 5) is 14.0. The molecule has 1 saturated heterocycles. The number of rotatable bonds is 2. The van der Waals surface area contributed by atoms with Gasteiger partial charge in [0.05, 0.1) is 0 Å². The lowest BCUT2D eigenvalue weighted by molar-refractivity contribution is 0.0741. The Morgan fingerprint density at radius 3 is 2.05 bits per heavy atom. The number of carbonyl (C=O) groups is 1. The molecule has 1 aromatic carbocycles. The second kappa shape index (κ2) is 6.65. The summed E-state index contributed by atoms with van der Waals surface area (Å²) >= 11 is 0. The number of carbonyl (C=O) groups excluding carboxylic acids is 1. The number of benzene rings is 1. The van der Waals surface area contributed by atoms with Crippen molar-refractivity contribution in [2.45, 2.75) is 32.1 Å². The number of hydrazine groups is 1. The van der Waals surface area contributed by atoms with Crippen molar-refractivity contribution in [1.82, 2.24) is 4.90 Å². The van der Waals surface area contributed by atoms with Gasteiger partial charge in [0.25, 0.3) is 5.91 Å². The molecule has 110 valence electrons. The molecule has 1 aliphatic rings. The van der Waals surface area contributed by atoms with E-state index >= 15 is 0 Å². The number of nitrogen functional groups attached to an aromatic ring is 1. The van der Waals surface area contributed by atoms with Crippen molar-refractivity contribution in [3.8, 4) is 0 Å². The van der Waals surface area contributed by atoms with Crippen LogP contribution in [0.1, 0.15) is 42.5 Å². The molecule has 0 aromatic heterocycles. The van der Waals surface area contributed by atoms with Gasteiger partial charge in [-0.3, -0.25) is 10.6 Å². The maximum Gasteiger partial charge on any atom is 0.254 e. The molecule has 1 amide bonds. The molecule has 0 unspecified atom stereocenters. The minimum atomic E-state index is -0.858. The Balaban J connectivity index is 2.19. The number of nitrogens with two attached hydrogens (primary N) is 1. The summed E-state index contributed by atoms with van der Waals surface area (Å²) in [7, 11) is 0. The zero-order chi connectivity index (χ0) is 14.5. The van der Waals surface area contributed by atoms with Gasteiger partial charge < -0.3 is 10.3 Å². The standard InChI is InChI=1S/C14H19F2N3O/c15-11-8-10(9-12(16)13(11)18-17)14(20)19-6-4-2-1-3-5-7-19/h8-9,18H,1-7,17H2. The second-order valence-corrected chi connectivity index (χ2v) is 5.02. The molecule has 0 saturated carbocycles. The van der Waals surface area contributed by atoms with Crippen LogP contribution in [-0.4, -0.2) is 23.9 Å². The van der Waals surface area contributed by atoms with Gasteiger partial charge in [-0.2, -0.15) is 0 Å². The largest absolute Gasteiger partial charge is 0.339 e. The highest BCUT2D eigenvalue weighted by Crippen LogP contribution is 2.21. The lowest BCUT2D eigenvalue weighted by atomic mass is 10.1. The summed E-state index contributed by atoms with van der Waals surface area (Å²) < 4.78 is 27.3. The molecule has 3 N–H and O–H groups in total. The van der Waals surface area contributed by atoms with Crippen LogP contribution in [0, 0.1) is 11.6 Å². The van der Waals surface area contributed by atoms with E-state index in [1.165, 1.54) is 6.42 Å². The number of hydrogen-bond donors (Lipinski definition) is 2. The van der Waals surface area contributed by atoms with Crippen LogP contribution < -0.4 is 11.3 Å². The van der Waals surface area contributed by atoms with Crippen molar-refractivity contribution < 1.29 is 13.6 Å². The van der Waals surface area contributed by atoms with E-state index in [1.807, 2.05) is 5.43 Å². The van der Waals surface area contributed by atoms with Gasteiger partial charge in [-0.1, -0.05) is 19.3 Å². The molecule has 6 heteroatoms. The van der Waals surface area contributed by atoms with E-state index in [1.54, 1.807) is 4.90 Å². The van der Waals surface area contributed by atoms with Crippen molar-refractivity contribution in [2.24, 2.45) is 5.84 Å². The normalized spacial score (nSPS) is 16.4. The Bertz CT molecular complexity index is 462. The molecule has 1 aromatic rings. The van der Waals surface area contributed by atoms with E-state index in [0.717, 1.165) is 37.8 Å². The van der Waals surface area contributed by atoms with Crippen LogP contribution in [0.15, 0.2) is 12.1 Å². The van der Waals surface area contributed by atoms with E-state index < -0.39 is 17.3 Å². The third-order valence-electron chi connectivity index (χ3n) is 3.58. The third-order valence-corrected chi connectivity index (χ3v) is 3.58. The van der Waals surface area contributed by atoms with Crippen molar-refractivity contribution in [1.29, 1.82) is 0 Å². The molecule has 4 nitrogen and oxygen atoms in total. The quantitative estimate of drug-likeness (QED) is 0.648. The summed E-state index contributed by atoms with van der Waals surface area (Å²) in [5.74, 6) is 2.99. The lowest BCUT2D eigenvalue weighted by Gasteiger charge is -2.25. The second-order valence-electron chi connectivity index (χ2n) is 5.02. The van der Waals surface area contributed by atoms with Crippen LogP contribution >= 0.6 is 0 Å². The van der Waals surface area contributed by atoms with Gasteiger partial charge in [-0.15, -0.1) is 0 Å². The van der Waals surface area contributed by atoms with Gasteiger partial charge in [0, 0.05) is 18.7 Å². The molecule has 0 atom stereocenters. The number of amides is 1. The summed E-state index contributed by atoms with van der Waals surface area (Å²) in [6, 6.07) is 2.05. The maximum atomic E-state index is 13.6. The average Bonchev–Trinajstić information content (AvgIpc) is 2.37. The van der Waals surface area contributed by atoms with E-state index in [9.17, 15) is 13.6 Å². The minimum absolute atomic E-state index is 0.0274. The van der Waals surface area contributed by atoms with Gasteiger partial charge in [-0.05, 0) is 25.0 Å². The predicted molar refractivity (Wildman–Crippen MR) is 73.2 cm³/mol. The van der Waals surface area contributed by atoms with E-state index in [2.05, 4.69) is 0 Å². The fourth-order valence-electron chi connectivity index (χ4n) is 2.47. The van der Waals surface area contributed by atoms with E-state index in [-0.39, 0.29) is 11.5 Å². The molecule has 2 rings (SSSR count). The molecule has 0 radical (unpaired) electrons. The molecule has 0 aliphatic carbocycles. The number of nitrogens with zero attached hydrogens (tertiary/aromatic N) is 1. The highest BCUT2D eigenvalue weighted by atomic mass is 19.1. The molecular formula is C14H19F2N3O. The van der Waals surface area contributed by atoms with Gasteiger partial charge in [0.1, 0.15) is 5.69 Å². The first kappa shape index (κ1) is 14.7. The van der Waals surface area contributed by atoms with Crippen molar-refractivity contribution in [3.63, 3.8) is 0 Å². The van der Waals surface area contributed by atoms with Gasteiger partial charge in [0.2, 0.25) is 0 Å².